The fourth-order valence-corrected chi connectivity index (χ4v) is 3.92. The summed E-state index contributed by atoms with van der Waals surface area (Å²) < 4.78 is 0. The molecule has 0 spiro atoms. The van der Waals surface area contributed by atoms with Gasteiger partial charge in [-0.05, 0) is 50.5 Å². The van der Waals surface area contributed by atoms with Crippen molar-refractivity contribution in [2.45, 2.75) is 32.2 Å². The number of nitro benzene ring substituents is 1. The van der Waals surface area contributed by atoms with Crippen molar-refractivity contribution in [1.82, 2.24) is 0 Å². The molecule has 28 heavy (non-hydrogen) atoms. The topological polar surface area (TPSA) is 75.5 Å². The lowest BCUT2D eigenvalue weighted by atomic mass is 10.0. The number of nitrogens with zero attached hydrogens (tertiary/aromatic N) is 2. The lowest BCUT2D eigenvalue weighted by Gasteiger charge is -2.35. The smallest absolute Gasteiger partial charge is 0.294 e. The fraction of sp³-hybridized carbons (Fsp3) is 0.316. The van der Waals surface area contributed by atoms with Crippen LogP contribution in [0.2, 0.25) is 15.1 Å². The SMILES string of the molecule is C[C@@H]1CCCCN1c1cc(NC(=O)c2cc(Cl)ccc2Cl)c(Cl)cc1[N+](=O)[O-]. The third kappa shape index (κ3) is 4.35. The molecule has 3 rings (SSSR count). The monoisotopic (exact) mass is 441 g/mol. The summed E-state index contributed by atoms with van der Waals surface area (Å²) in [6.07, 6.45) is 2.97. The van der Waals surface area contributed by atoms with Crippen molar-refractivity contribution in [2.24, 2.45) is 0 Å². The van der Waals surface area contributed by atoms with Crippen molar-refractivity contribution in [3.63, 3.8) is 0 Å². The number of benzene rings is 2. The van der Waals surface area contributed by atoms with E-state index in [4.69, 9.17) is 34.8 Å². The number of amides is 1. The average molecular weight is 443 g/mol. The minimum Gasteiger partial charge on any atom is -0.363 e. The Hall–Kier alpha value is -2.02. The molecule has 1 aliphatic rings. The van der Waals surface area contributed by atoms with Gasteiger partial charge >= 0.3 is 0 Å². The molecule has 0 aliphatic carbocycles. The second kappa shape index (κ2) is 8.55. The molecule has 0 unspecified atom stereocenters. The van der Waals surface area contributed by atoms with E-state index < -0.39 is 10.8 Å². The van der Waals surface area contributed by atoms with E-state index in [9.17, 15) is 14.9 Å². The summed E-state index contributed by atoms with van der Waals surface area (Å²) >= 11 is 18.3. The van der Waals surface area contributed by atoms with Crippen LogP contribution in [0, 0.1) is 10.1 Å². The molecule has 0 aromatic heterocycles. The van der Waals surface area contributed by atoms with Gasteiger partial charge in [-0.15, -0.1) is 0 Å². The molecule has 0 bridgehead atoms. The van der Waals surface area contributed by atoms with Crippen molar-refractivity contribution < 1.29 is 9.72 Å². The summed E-state index contributed by atoms with van der Waals surface area (Å²) in [5, 5.41) is 14.9. The molecule has 2 aromatic carbocycles. The fourth-order valence-electron chi connectivity index (χ4n) is 3.34. The molecule has 1 amide bonds. The number of anilines is 2. The largest absolute Gasteiger partial charge is 0.363 e. The van der Waals surface area contributed by atoms with Crippen LogP contribution in [0.5, 0.6) is 0 Å². The summed E-state index contributed by atoms with van der Waals surface area (Å²) in [5.74, 6) is -0.499. The maximum atomic E-state index is 12.6. The van der Waals surface area contributed by atoms with Crippen molar-refractivity contribution in [2.75, 3.05) is 16.8 Å². The second-order valence-corrected chi connectivity index (χ2v) is 7.95. The number of nitrogens with one attached hydrogen (secondary N) is 1. The van der Waals surface area contributed by atoms with Crippen LogP contribution in [-0.2, 0) is 0 Å². The summed E-state index contributed by atoms with van der Waals surface area (Å²) in [6.45, 7) is 2.73. The lowest BCUT2D eigenvalue weighted by molar-refractivity contribution is -0.384. The third-order valence-electron chi connectivity index (χ3n) is 4.79. The van der Waals surface area contributed by atoms with Gasteiger partial charge in [0, 0.05) is 23.7 Å². The van der Waals surface area contributed by atoms with Gasteiger partial charge in [-0.3, -0.25) is 14.9 Å². The van der Waals surface area contributed by atoms with Crippen molar-refractivity contribution in [3.8, 4) is 0 Å². The number of rotatable bonds is 4. The number of hydrogen-bond acceptors (Lipinski definition) is 4. The number of piperidine rings is 1. The molecule has 2 aromatic rings. The molecule has 1 atom stereocenters. The number of hydrogen-bond donors (Lipinski definition) is 1. The highest BCUT2D eigenvalue weighted by Gasteiger charge is 2.28. The Morgan fingerprint density at radius 2 is 1.93 bits per heavy atom. The van der Waals surface area contributed by atoms with Crippen molar-refractivity contribution >= 4 is 57.8 Å². The maximum absolute atomic E-state index is 12.6. The average Bonchev–Trinajstić information content (AvgIpc) is 2.65. The van der Waals surface area contributed by atoms with Crippen LogP contribution in [0.15, 0.2) is 30.3 Å². The Kier molecular flexibility index (Phi) is 6.33. The first kappa shape index (κ1) is 20.7. The van der Waals surface area contributed by atoms with E-state index in [1.807, 2.05) is 11.8 Å². The normalized spacial score (nSPS) is 16.7. The molecule has 1 heterocycles. The van der Waals surface area contributed by atoms with E-state index in [1.54, 1.807) is 12.1 Å². The maximum Gasteiger partial charge on any atom is 0.294 e. The van der Waals surface area contributed by atoms with Crippen LogP contribution < -0.4 is 10.2 Å². The van der Waals surface area contributed by atoms with E-state index >= 15 is 0 Å². The zero-order chi connectivity index (χ0) is 20.4. The van der Waals surface area contributed by atoms with Crippen LogP contribution in [0.25, 0.3) is 0 Å². The summed E-state index contributed by atoms with van der Waals surface area (Å²) in [5.41, 5.74) is 0.823. The van der Waals surface area contributed by atoms with Gasteiger partial charge in [-0.25, -0.2) is 0 Å². The van der Waals surface area contributed by atoms with Gasteiger partial charge in [0.05, 0.1) is 26.2 Å². The van der Waals surface area contributed by atoms with E-state index in [-0.39, 0.29) is 33.0 Å². The molecule has 0 radical (unpaired) electrons. The molecule has 6 nitrogen and oxygen atoms in total. The lowest BCUT2D eigenvalue weighted by Crippen LogP contribution is -2.37. The number of carbonyl (C=O) groups is 1. The molecule has 1 N–H and O–H groups in total. The molecular formula is C19H18Cl3N3O3. The van der Waals surface area contributed by atoms with E-state index in [0.29, 0.717) is 17.3 Å². The first-order valence-electron chi connectivity index (χ1n) is 8.79. The molecule has 1 fully saturated rings. The van der Waals surface area contributed by atoms with E-state index in [2.05, 4.69) is 5.32 Å². The van der Waals surface area contributed by atoms with E-state index in [0.717, 1.165) is 19.3 Å². The molecule has 1 saturated heterocycles. The predicted molar refractivity (Wildman–Crippen MR) is 113 cm³/mol. The highest BCUT2D eigenvalue weighted by Crippen LogP contribution is 2.39. The number of halogens is 3. The number of nitro groups is 1. The van der Waals surface area contributed by atoms with Gasteiger partial charge in [-0.2, -0.15) is 0 Å². The summed E-state index contributed by atoms with van der Waals surface area (Å²) in [4.78, 5) is 25.7. The Bertz CT molecular complexity index is 936. The first-order valence-corrected chi connectivity index (χ1v) is 9.92. The standard InChI is InChI=1S/C19H18Cl3N3O3/c1-11-4-2-3-7-24(11)17-10-16(15(22)9-18(17)25(27)28)23-19(26)13-8-12(20)5-6-14(13)21/h5-6,8-11H,2-4,7H2,1H3,(H,23,26)/t11-/m1/s1. The zero-order valence-electron chi connectivity index (χ0n) is 15.0. The van der Waals surface area contributed by atoms with Gasteiger partial charge in [0.1, 0.15) is 5.69 Å². The molecule has 1 aliphatic heterocycles. The highest BCUT2D eigenvalue weighted by atomic mass is 35.5. The van der Waals surface area contributed by atoms with Crippen LogP contribution in [0.3, 0.4) is 0 Å². The Balaban J connectivity index is 1.99. The first-order chi connectivity index (χ1) is 13.3. The second-order valence-electron chi connectivity index (χ2n) is 6.69. The number of carbonyl (C=O) groups excluding carboxylic acids is 1. The van der Waals surface area contributed by atoms with Crippen LogP contribution in [0.1, 0.15) is 36.5 Å². The predicted octanol–water partition coefficient (Wildman–Crippen LogP) is 6.19. The van der Waals surface area contributed by atoms with Gasteiger partial charge in [0.15, 0.2) is 0 Å². The van der Waals surface area contributed by atoms with Gasteiger partial charge in [-0.1, -0.05) is 34.8 Å². The molecule has 148 valence electrons. The molecule has 9 heteroatoms. The zero-order valence-corrected chi connectivity index (χ0v) is 17.3. The molecular weight excluding hydrogens is 425 g/mol. The van der Waals surface area contributed by atoms with Gasteiger partial charge in [0.2, 0.25) is 0 Å². The van der Waals surface area contributed by atoms with Gasteiger partial charge in [0.25, 0.3) is 11.6 Å². The van der Waals surface area contributed by atoms with Crippen LogP contribution in [-0.4, -0.2) is 23.4 Å². The van der Waals surface area contributed by atoms with Crippen molar-refractivity contribution in [3.05, 3.63) is 61.1 Å². The molecule has 0 saturated carbocycles. The Morgan fingerprint density at radius 1 is 1.18 bits per heavy atom. The van der Waals surface area contributed by atoms with Crippen LogP contribution >= 0.6 is 34.8 Å². The van der Waals surface area contributed by atoms with E-state index in [1.165, 1.54) is 18.2 Å². The Morgan fingerprint density at radius 3 is 2.61 bits per heavy atom. The Labute approximate surface area is 177 Å². The van der Waals surface area contributed by atoms with Crippen molar-refractivity contribution in [1.29, 1.82) is 0 Å². The minimum absolute atomic E-state index is 0.0756. The third-order valence-corrected chi connectivity index (χ3v) is 5.67. The highest BCUT2D eigenvalue weighted by molar-refractivity contribution is 6.37. The quantitative estimate of drug-likeness (QED) is 0.453. The minimum atomic E-state index is -0.499. The van der Waals surface area contributed by atoms with Gasteiger partial charge < -0.3 is 10.2 Å². The summed E-state index contributed by atoms with van der Waals surface area (Å²) in [6, 6.07) is 7.53. The summed E-state index contributed by atoms with van der Waals surface area (Å²) in [7, 11) is 0. The van der Waals surface area contributed by atoms with Crippen LogP contribution in [0.4, 0.5) is 17.1 Å².